The minimum atomic E-state index is -1.01. The molecule has 42 heavy (non-hydrogen) atoms. The van der Waals surface area contributed by atoms with Crippen molar-refractivity contribution in [1.29, 1.82) is 0 Å². The predicted molar refractivity (Wildman–Crippen MR) is 157 cm³/mol. The van der Waals surface area contributed by atoms with Crippen molar-refractivity contribution < 1.29 is 29.0 Å². The zero-order valence-electron chi connectivity index (χ0n) is 24.6. The minimum Gasteiger partial charge on any atom is -0.465 e. The molecule has 3 heterocycles. The summed E-state index contributed by atoms with van der Waals surface area (Å²) in [5.74, 6) is 0.271. The van der Waals surface area contributed by atoms with E-state index in [4.69, 9.17) is 9.84 Å². The molecule has 1 aromatic carbocycles. The van der Waals surface area contributed by atoms with Gasteiger partial charge in [0.25, 0.3) is 0 Å². The number of cyclic esters (lactones) is 1. The molecule has 0 spiro atoms. The Labute approximate surface area is 246 Å². The highest BCUT2D eigenvalue weighted by atomic mass is 16.6. The monoisotopic (exact) mass is 578 g/mol. The summed E-state index contributed by atoms with van der Waals surface area (Å²) < 4.78 is 7.39. The molecule has 226 valence electrons. The van der Waals surface area contributed by atoms with Gasteiger partial charge in [0.05, 0.1) is 5.52 Å². The second-order valence-electron chi connectivity index (χ2n) is 13.2. The number of hydrogen-bond donors (Lipinski definition) is 3. The lowest BCUT2D eigenvalue weighted by Gasteiger charge is -2.36. The molecule has 4 aliphatic rings. The van der Waals surface area contributed by atoms with Crippen LogP contribution in [0.3, 0.4) is 0 Å². The third-order valence-electron chi connectivity index (χ3n) is 10.1. The molecular formula is C32H42N4O6. The second kappa shape index (κ2) is 11.3. The molecule has 2 aliphatic carbocycles. The summed E-state index contributed by atoms with van der Waals surface area (Å²) >= 11 is 0. The highest BCUT2D eigenvalue weighted by Gasteiger charge is 2.47. The van der Waals surface area contributed by atoms with Crippen LogP contribution in [0.4, 0.5) is 10.5 Å². The van der Waals surface area contributed by atoms with Crippen LogP contribution < -0.4 is 10.6 Å². The molecule has 3 fully saturated rings. The average molecular weight is 579 g/mol. The van der Waals surface area contributed by atoms with Gasteiger partial charge in [-0.2, -0.15) is 0 Å². The summed E-state index contributed by atoms with van der Waals surface area (Å²) in [4.78, 5) is 53.1. The van der Waals surface area contributed by atoms with Gasteiger partial charge < -0.3 is 25.4 Å². The fraction of sp³-hybridized carbons (Fsp3) is 0.625. The van der Waals surface area contributed by atoms with Crippen LogP contribution in [0.15, 0.2) is 24.3 Å². The van der Waals surface area contributed by atoms with Crippen molar-refractivity contribution in [3.8, 4) is 0 Å². The zero-order valence-corrected chi connectivity index (χ0v) is 24.6. The molecule has 1 saturated heterocycles. The van der Waals surface area contributed by atoms with Gasteiger partial charge in [-0.3, -0.25) is 14.2 Å². The van der Waals surface area contributed by atoms with Gasteiger partial charge in [0.1, 0.15) is 11.7 Å². The average Bonchev–Trinajstić information content (AvgIpc) is 3.64. The summed E-state index contributed by atoms with van der Waals surface area (Å²) in [5.41, 5.74) is 1.24. The van der Waals surface area contributed by atoms with Crippen LogP contribution >= 0.6 is 0 Å². The highest BCUT2D eigenvalue weighted by molar-refractivity contribution is 6.02. The maximum atomic E-state index is 14.0. The number of carbonyl (C=O) groups is 4. The topological polar surface area (TPSA) is 130 Å². The van der Waals surface area contributed by atoms with Gasteiger partial charge in [0.2, 0.25) is 11.8 Å². The van der Waals surface area contributed by atoms with E-state index < -0.39 is 17.9 Å². The van der Waals surface area contributed by atoms with E-state index in [1.54, 1.807) is 6.07 Å². The molecule has 2 aliphatic heterocycles. The lowest BCUT2D eigenvalue weighted by Crippen LogP contribution is -2.49. The molecule has 0 bridgehead atoms. The molecule has 2 saturated carbocycles. The smallest absolute Gasteiger partial charge is 0.404 e. The van der Waals surface area contributed by atoms with Crippen LogP contribution in [0.1, 0.15) is 88.5 Å². The summed E-state index contributed by atoms with van der Waals surface area (Å²) in [7, 11) is 0. The highest BCUT2D eigenvalue weighted by Crippen LogP contribution is 2.41. The number of anilines is 1. The Hall–Kier alpha value is -3.56. The molecule has 0 unspecified atom stereocenters. The number of amides is 3. The van der Waals surface area contributed by atoms with E-state index in [-0.39, 0.29) is 35.5 Å². The van der Waals surface area contributed by atoms with Gasteiger partial charge in [-0.25, -0.2) is 9.59 Å². The number of rotatable bonds is 6. The second-order valence-corrected chi connectivity index (χ2v) is 13.2. The third kappa shape index (κ3) is 5.36. The Morgan fingerprint density at radius 2 is 1.74 bits per heavy atom. The number of aromatic nitrogens is 1. The number of nitrogens with zero attached hydrogens (tertiary/aromatic N) is 2. The largest absolute Gasteiger partial charge is 0.465 e. The molecule has 2 aromatic rings. The predicted octanol–water partition coefficient (Wildman–Crippen LogP) is 5.31. The fourth-order valence-electron chi connectivity index (χ4n) is 8.10. The summed E-state index contributed by atoms with van der Waals surface area (Å²) in [6.45, 7) is 4.73. The molecule has 10 heteroatoms. The minimum absolute atomic E-state index is 0.0677. The van der Waals surface area contributed by atoms with Crippen LogP contribution in [0, 0.1) is 23.7 Å². The summed E-state index contributed by atoms with van der Waals surface area (Å²) in [6.07, 6.45) is 8.66. The van der Waals surface area contributed by atoms with Crippen LogP contribution in [-0.4, -0.2) is 57.6 Å². The number of ether oxygens (including phenoxy) is 1. The van der Waals surface area contributed by atoms with Gasteiger partial charge in [-0.1, -0.05) is 32.1 Å². The Bertz CT molecular complexity index is 1380. The molecule has 3 N–H and O–H groups in total. The Morgan fingerprint density at radius 3 is 2.45 bits per heavy atom. The molecule has 10 nitrogen and oxygen atoms in total. The maximum Gasteiger partial charge on any atom is 0.404 e. The third-order valence-corrected chi connectivity index (χ3v) is 10.1. The SMILES string of the molecule is CC1(C)OC(=O)c2cc3cc(NC(=O)[C@@H]4[C@H](C5CCCCC5)CCN4C(=O)C4CCC(CNC(=O)O)CC4)ccc3n21. The van der Waals surface area contributed by atoms with Crippen LogP contribution in [0.2, 0.25) is 0 Å². The number of fused-ring (bicyclic) bond motifs is 3. The molecule has 1 aromatic heterocycles. The Morgan fingerprint density at radius 1 is 1.00 bits per heavy atom. The van der Waals surface area contributed by atoms with Crippen molar-refractivity contribution in [3.63, 3.8) is 0 Å². The number of hydrogen-bond acceptors (Lipinski definition) is 5. The van der Waals surface area contributed by atoms with Crippen molar-refractivity contribution in [1.82, 2.24) is 14.8 Å². The number of esters is 1. The maximum absolute atomic E-state index is 14.0. The number of carboxylic acid groups (broad SMARTS) is 1. The van der Waals surface area contributed by atoms with Gasteiger partial charge in [-0.15, -0.1) is 0 Å². The molecular weight excluding hydrogens is 536 g/mol. The van der Waals surface area contributed by atoms with Gasteiger partial charge in [0.15, 0.2) is 5.72 Å². The number of benzene rings is 1. The van der Waals surface area contributed by atoms with Crippen LogP contribution in [0.5, 0.6) is 0 Å². The van der Waals surface area contributed by atoms with E-state index in [9.17, 15) is 19.2 Å². The molecule has 0 radical (unpaired) electrons. The van der Waals surface area contributed by atoms with Gasteiger partial charge in [0, 0.05) is 30.1 Å². The van der Waals surface area contributed by atoms with E-state index in [1.807, 2.05) is 41.5 Å². The number of carbonyl (C=O) groups excluding carboxylic acids is 3. The molecule has 2 atom stereocenters. The first-order chi connectivity index (χ1) is 20.1. The van der Waals surface area contributed by atoms with E-state index >= 15 is 0 Å². The first kappa shape index (κ1) is 28.6. The fourth-order valence-corrected chi connectivity index (χ4v) is 8.10. The normalized spacial score (nSPS) is 27.5. The van der Waals surface area contributed by atoms with Crippen molar-refractivity contribution in [2.75, 3.05) is 18.4 Å². The van der Waals surface area contributed by atoms with Crippen LogP contribution in [-0.2, 0) is 20.1 Å². The van der Waals surface area contributed by atoms with E-state index in [2.05, 4.69) is 10.6 Å². The van der Waals surface area contributed by atoms with Crippen molar-refractivity contribution in [3.05, 3.63) is 30.0 Å². The van der Waals surface area contributed by atoms with Gasteiger partial charge in [-0.05, 0) is 88.0 Å². The number of likely N-dealkylation sites (tertiary alicyclic amines) is 1. The lowest BCUT2D eigenvalue weighted by molar-refractivity contribution is -0.142. The van der Waals surface area contributed by atoms with Crippen molar-refractivity contribution in [2.24, 2.45) is 23.7 Å². The first-order valence-electron chi connectivity index (χ1n) is 15.6. The Balaban J connectivity index is 1.20. The standard InChI is InChI=1S/C32H42N4O6/c1-32(2)36-25-13-12-23(16-22(25)17-26(36)30(39)42-32)34-28(37)27-24(20-6-4-3-5-7-20)14-15-35(27)29(38)21-10-8-19(9-11-21)18-33-31(40)41/h12-13,16-17,19-21,24,27,33H,3-11,14-15,18H2,1-2H3,(H,34,37)(H,40,41)/t19?,21?,24-,27-/m0/s1. The van der Waals surface area contributed by atoms with E-state index in [1.165, 1.54) is 19.3 Å². The van der Waals surface area contributed by atoms with Gasteiger partial charge >= 0.3 is 12.1 Å². The molecule has 3 amide bonds. The Kier molecular flexibility index (Phi) is 7.66. The van der Waals surface area contributed by atoms with E-state index in [0.717, 1.165) is 55.8 Å². The first-order valence-corrected chi connectivity index (χ1v) is 15.6. The zero-order chi connectivity index (χ0) is 29.6. The quantitative estimate of drug-likeness (QED) is 0.398. The summed E-state index contributed by atoms with van der Waals surface area (Å²) in [6, 6.07) is 6.96. The van der Waals surface area contributed by atoms with Crippen molar-refractivity contribution >= 4 is 40.5 Å². The molecule has 6 rings (SSSR count). The number of nitrogens with one attached hydrogen (secondary N) is 2. The van der Waals surface area contributed by atoms with Crippen LogP contribution in [0.25, 0.3) is 10.9 Å². The summed E-state index contributed by atoms with van der Waals surface area (Å²) in [5, 5.41) is 15.4. The lowest BCUT2D eigenvalue weighted by atomic mass is 9.76. The van der Waals surface area contributed by atoms with Crippen molar-refractivity contribution in [2.45, 2.75) is 89.8 Å². The van der Waals surface area contributed by atoms with E-state index in [0.29, 0.717) is 30.4 Å².